The third kappa shape index (κ3) is 3.17. The largest absolute Gasteiger partial charge is 0.326 e. The Morgan fingerprint density at radius 1 is 1.41 bits per heavy atom. The van der Waals surface area contributed by atoms with E-state index in [0.717, 1.165) is 35.6 Å². The lowest BCUT2D eigenvalue weighted by atomic mass is 10.0. The Morgan fingerprint density at radius 2 is 2.12 bits per heavy atom. The van der Waals surface area contributed by atoms with Gasteiger partial charge in [0, 0.05) is 16.6 Å². The molecule has 92 valence electrons. The summed E-state index contributed by atoms with van der Waals surface area (Å²) in [4.78, 5) is 12.1. The summed E-state index contributed by atoms with van der Waals surface area (Å²) < 4.78 is 0. The van der Waals surface area contributed by atoms with Crippen LogP contribution in [0.1, 0.15) is 18.4 Å². The molecule has 0 radical (unpaired) electrons. The summed E-state index contributed by atoms with van der Waals surface area (Å²) in [5.74, 6) is 2.48. The number of amides is 1. The molecule has 1 heterocycles. The first-order valence-corrected chi connectivity index (χ1v) is 7.35. The number of halogens is 1. The molecule has 1 saturated heterocycles. The molecule has 1 aliphatic rings. The van der Waals surface area contributed by atoms with E-state index < -0.39 is 0 Å². The van der Waals surface area contributed by atoms with Gasteiger partial charge in [0.05, 0.1) is 0 Å². The van der Waals surface area contributed by atoms with Crippen molar-refractivity contribution < 1.29 is 4.79 Å². The van der Waals surface area contributed by atoms with Gasteiger partial charge in [-0.3, -0.25) is 4.79 Å². The van der Waals surface area contributed by atoms with Crippen LogP contribution in [0.2, 0.25) is 5.02 Å². The van der Waals surface area contributed by atoms with Crippen molar-refractivity contribution in [3.8, 4) is 0 Å². The number of rotatable bonds is 2. The van der Waals surface area contributed by atoms with E-state index in [1.807, 2.05) is 36.9 Å². The summed E-state index contributed by atoms with van der Waals surface area (Å²) >= 11 is 7.96. The fourth-order valence-corrected chi connectivity index (χ4v) is 3.22. The van der Waals surface area contributed by atoms with E-state index >= 15 is 0 Å². The molecule has 1 aromatic carbocycles. The van der Waals surface area contributed by atoms with Gasteiger partial charge in [-0.05, 0) is 49.0 Å². The van der Waals surface area contributed by atoms with Crippen LogP contribution in [-0.2, 0) is 4.79 Å². The lowest BCUT2D eigenvalue weighted by Crippen LogP contribution is -2.26. The highest BCUT2D eigenvalue weighted by atomic mass is 35.5. The highest BCUT2D eigenvalue weighted by Crippen LogP contribution is 2.26. The lowest BCUT2D eigenvalue weighted by Gasteiger charge is -2.21. The fraction of sp³-hybridized carbons (Fsp3) is 0.462. The van der Waals surface area contributed by atoms with Crippen molar-refractivity contribution in [2.75, 3.05) is 16.8 Å². The Kier molecular flexibility index (Phi) is 4.35. The molecule has 1 N–H and O–H groups in total. The number of anilines is 1. The molecule has 0 bridgehead atoms. The molecule has 0 saturated carbocycles. The molecule has 2 rings (SSSR count). The predicted molar refractivity (Wildman–Crippen MR) is 74.9 cm³/mol. The molecule has 4 heteroatoms. The highest BCUT2D eigenvalue weighted by Gasteiger charge is 2.21. The van der Waals surface area contributed by atoms with E-state index in [-0.39, 0.29) is 11.8 Å². The summed E-state index contributed by atoms with van der Waals surface area (Å²) in [7, 11) is 0. The van der Waals surface area contributed by atoms with Crippen LogP contribution in [0.15, 0.2) is 18.2 Å². The first-order valence-electron chi connectivity index (χ1n) is 5.82. The van der Waals surface area contributed by atoms with Crippen molar-refractivity contribution in [3.05, 3.63) is 28.8 Å². The zero-order valence-electron chi connectivity index (χ0n) is 9.83. The topological polar surface area (TPSA) is 29.1 Å². The molecule has 0 spiro atoms. The van der Waals surface area contributed by atoms with Gasteiger partial charge in [0.1, 0.15) is 0 Å². The average Bonchev–Trinajstić information content (AvgIpc) is 2.36. The minimum Gasteiger partial charge on any atom is -0.326 e. The van der Waals surface area contributed by atoms with Gasteiger partial charge in [-0.1, -0.05) is 17.7 Å². The maximum atomic E-state index is 12.1. The maximum Gasteiger partial charge on any atom is 0.227 e. The molecule has 0 atom stereocenters. The van der Waals surface area contributed by atoms with Crippen LogP contribution in [0, 0.1) is 12.8 Å². The Bertz CT molecular complexity index is 416. The van der Waals surface area contributed by atoms with Gasteiger partial charge in [-0.15, -0.1) is 0 Å². The van der Waals surface area contributed by atoms with Crippen LogP contribution in [0.5, 0.6) is 0 Å². The number of carbonyl (C=O) groups excluding carboxylic acids is 1. The summed E-state index contributed by atoms with van der Waals surface area (Å²) in [6.45, 7) is 1.93. The zero-order chi connectivity index (χ0) is 12.3. The van der Waals surface area contributed by atoms with Gasteiger partial charge in [0.25, 0.3) is 0 Å². The summed E-state index contributed by atoms with van der Waals surface area (Å²) in [6.07, 6.45) is 1.96. The second kappa shape index (κ2) is 5.78. The van der Waals surface area contributed by atoms with E-state index in [1.165, 1.54) is 0 Å². The van der Waals surface area contributed by atoms with Crippen molar-refractivity contribution in [2.24, 2.45) is 5.92 Å². The van der Waals surface area contributed by atoms with E-state index in [0.29, 0.717) is 5.02 Å². The quantitative estimate of drug-likeness (QED) is 0.886. The first kappa shape index (κ1) is 12.8. The Labute approximate surface area is 111 Å². The molecule has 0 unspecified atom stereocenters. The summed E-state index contributed by atoms with van der Waals surface area (Å²) in [5.41, 5.74) is 1.77. The molecule has 1 aliphatic heterocycles. The van der Waals surface area contributed by atoms with Gasteiger partial charge in [0.15, 0.2) is 0 Å². The van der Waals surface area contributed by atoms with Gasteiger partial charge in [-0.2, -0.15) is 11.8 Å². The second-order valence-corrected chi connectivity index (χ2v) is 5.92. The first-order chi connectivity index (χ1) is 8.18. The SMILES string of the molecule is Cc1c(Cl)cccc1NC(=O)C1CCSCC1. The molecule has 1 aromatic rings. The molecule has 2 nitrogen and oxygen atoms in total. The van der Waals surface area contributed by atoms with Crippen molar-refractivity contribution in [3.63, 3.8) is 0 Å². The Hall–Kier alpha value is -0.670. The molecule has 17 heavy (non-hydrogen) atoms. The van der Waals surface area contributed by atoms with Crippen molar-refractivity contribution in [1.29, 1.82) is 0 Å². The van der Waals surface area contributed by atoms with Crippen LogP contribution in [0.3, 0.4) is 0 Å². The monoisotopic (exact) mass is 269 g/mol. The maximum absolute atomic E-state index is 12.1. The number of hydrogen-bond donors (Lipinski definition) is 1. The fourth-order valence-electron chi connectivity index (χ4n) is 1.94. The van der Waals surface area contributed by atoms with Crippen LogP contribution in [0.4, 0.5) is 5.69 Å². The molecule has 1 amide bonds. The third-order valence-corrected chi connectivity index (χ3v) is 4.58. The molecular formula is C13H16ClNOS. The molecule has 1 fully saturated rings. The highest BCUT2D eigenvalue weighted by molar-refractivity contribution is 7.99. The van der Waals surface area contributed by atoms with E-state index in [2.05, 4.69) is 5.32 Å². The number of carbonyl (C=O) groups is 1. The van der Waals surface area contributed by atoms with Crippen LogP contribution < -0.4 is 5.32 Å². The second-order valence-electron chi connectivity index (χ2n) is 4.29. The van der Waals surface area contributed by atoms with E-state index in [1.54, 1.807) is 0 Å². The van der Waals surface area contributed by atoms with Crippen LogP contribution in [0.25, 0.3) is 0 Å². The van der Waals surface area contributed by atoms with Gasteiger partial charge in [-0.25, -0.2) is 0 Å². The predicted octanol–water partition coefficient (Wildman–Crippen LogP) is 3.73. The Morgan fingerprint density at radius 3 is 2.82 bits per heavy atom. The van der Waals surface area contributed by atoms with Crippen molar-refractivity contribution in [1.82, 2.24) is 0 Å². The van der Waals surface area contributed by atoms with Gasteiger partial charge in [0.2, 0.25) is 5.91 Å². The molecule has 0 aromatic heterocycles. The lowest BCUT2D eigenvalue weighted by molar-refractivity contribution is -0.120. The van der Waals surface area contributed by atoms with E-state index in [4.69, 9.17) is 11.6 Å². The summed E-state index contributed by atoms with van der Waals surface area (Å²) in [5, 5.41) is 3.68. The normalized spacial score (nSPS) is 16.8. The zero-order valence-corrected chi connectivity index (χ0v) is 11.4. The number of hydrogen-bond acceptors (Lipinski definition) is 2. The minimum atomic E-state index is 0.135. The third-order valence-electron chi connectivity index (χ3n) is 3.12. The van der Waals surface area contributed by atoms with Gasteiger partial charge >= 0.3 is 0 Å². The van der Waals surface area contributed by atoms with Crippen molar-refractivity contribution >= 4 is 35.0 Å². The average molecular weight is 270 g/mol. The number of thioether (sulfide) groups is 1. The molecule has 0 aliphatic carbocycles. The molecular weight excluding hydrogens is 254 g/mol. The minimum absolute atomic E-state index is 0.135. The van der Waals surface area contributed by atoms with Crippen LogP contribution in [-0.4, -0.2) is 17.4 Å². The smallest absolute Gasteiger partial charge is 0.227 e. The van der Waals surface area contributed by atoms with Crippen LogP contribution >= 0.6 is 23.4 Å². The number of nitrogens with one attached hydrogen (secondary N) is 1. The van der Waals surface area contributed by atoms with Gasteiger partial charge < -0.3 is 5.32 Å². The van der Waals surface area contributed by atoms with E-state index in [9.17, 15) is 4.79 Å². The Balaban J connectivity index is 2.04. The number of benzene rings is 1. The summed E-state index contributed by atoms with van der Waals surface area (Å²) in [6, 6.07) is 5.60. The van der Waals surface area contributed by atoms with Crippen molar-refractivity contribution in [2.45, 2.75) is 19.8 Å². The standard InChI is InChI=1S/C13H16ClNOS/c1-9-11(14)3-2-4-12(9)15-13(16)10-5-7-17-8-6-10/h2-4,10H,5-8H2,1H3,(H,15,16).